The highest BCUT2D eigenvalue weighted by Crippen LogP contribution is 2.45. The van der Waals surface area contributed by atoms with Gasteiger partial charge in [0.1, 0.15) is 0 Å². The predicted molar refractivity (Wildman–Crippen MR) is 131 cm³/mol. The second-order valence-corrected chi connectivity index (χ2v) is 8.42. The van der Waals surface area contributed by atoms with E-state index in [0.29, 0.717) is 24.5 Å². The molecule has 0 fully saturated rings. The van der Waals surface area contributed by atoms with E-state index in [1.54, 1.807) is 7.11 Å². The summed E-state index contributed by atoms with van der Waals surface area (Å²) < 4.78 is 11.3. The second kappa shape index (κ2) is 9.02. The van der Waals surface area contributed by atoms with Crippen molar-refractivity contribution in [3.8, 4) is 11.5 Å². The van der Waals surface area contributed by atoms with E-state index in [-0.39, 0.29) is 17.7 Å². The number of benzene rings is 3. The number of allylic oxidation sites excluding steroid dienone is 1. The van der Waals surface area contributed by atoms with E-state index in [9.17, 15) is 4.79 Å². The molecule has 2 N–H and O–H groups in total. The summed E-state index contributed by atoms with van der Waals surface area (Å²) in [6, 6.07) is 24.0. The highest BCUT2D eigenvalue weighted by atomic mass is 16.5. The average Bonchev–Trinajstić information content (AvgIpc) is 3.02. The van der Waals surface area contributed by atoms with E-state index < -0.39 is 0 Å². The molecule has 2 aliphatic rings. The molecule has 0 unspecified atom stereocenters. The van der Waals surface area contributed by atoms with Gasteiger partial charge in [0.2, 0.25) is 0 Å². The van der Waals surface area contributed by atoms with Gasteiger partial charge in [0.15, 0.2) is 17.3 Å². The number of hydrogen-bond acceptors (Lipinski definition) is 5. The summed E-state index contributed by atoms with van der Waals surface area (Å²) in [4.78, 5) is 13.6. The molecule has 0 saturated heterocycles. The van der Waals surface area contributed by atoms with Crippen LogP contribution in [0.15, 0.2) is 84.1 Å². The Balaban J connectivity index is 1.60. The zero-order valence-electron chi connectivity index (χ0n) is 18.9. The standard InChI is InChI=1S/C28H28N2O3/c1-3-33-25-14-13-19(17-26(25)32-2)28-27-23(29-21-11-7-8-12-22(21)30-28)15-20(16-24(27)31)18-9-5-4-6-10-18/h4-14,17,20,28-30H,3,15-16H2,1-2H3/t20-,28+/m1/s1. The van der Waals surface area contributed by atoms with Crippen molar-refractivity contribution in [3.05, 3.63) is 95.2 Å². The third kappa shape index (κ3) is 4.07. The van der Waals surface area contributed by atoms with Crippen molar-refractivity contribution < 1.29 is 14.3 Å². The Bertz CT molecular complexity index is 1200. The van der Waals surface area contributed by atoms with Crippen molar-refractivity contribution in [2.45, 2.75) is 31.7 Å². The summed E-state index contributed by atoms with van der Waals surface area (Å²) in [5, 5.41) is 7.22. The maximum absolute atomic E-state index is 13.6. The minimum atomic E-state index is -0.287. The van der Waals surface area contributed by atoms with Gasteiger partial charge in [-0.1, -0.05) is 48.5 Å². The van der Waals surface area contributed by atoms with Crippen LogP contribution in [0.1, 0.15) is 42.9 Å². The first-order valence-electron chi connectivity index (χ1n) is 11.4. The van der Waals surface area contributed by atoms with Crippen molar-refractivity contribution in [1.82, 2.24) is 0 Å². The Kier molecular flexibility index (Phi) is 5.78. The molecule has 0 aromatic heterocycles. The molecule has 0 saturated carbocycles. The van der Waals surface area contributed by atoms with Crippen LogP contribution in [0.4, 0.5) is 11.4 Å². The number of hydrogen-bond donors (Lipinski definition) is 2. The Morgan fingerprint density at radius 2 is 1.64 bits per heavy atom. The molecule has 0 spiro atoms. The van der Waals surface area contributed by atoms with E-state index >= 15 is 0 Å². The molecule has 5 rings (SSSR count). The molecule has 33 heavy (non-hydrogen) atoms. The van der Waals surface area contributed by atoms with Crippen LogP contribution in [0.3, 0.4) is 0 Å². The summed E-state index contributed by atoms with van der Waals surface area (Å²) in [6.07, 6.45) is 1.28. The zero-order valence-corrected chi connectivity index (χ0v) is 18.9. The van der Waals surface area contributed by atoms with Gasteiger partial charge < -0.3 is 20.1 Å². The van der Waals surface area contributed by atoms with Gasteiger partial charge in [-0.2, -0.15) is 0 Å². The molecule has 5 nitrogen and oxygen atoms in total. The van der Waals surface area contributed by atoms with Gasteiger partial charge in [-0.25, -0.2) is 0 Å². The number of fused-ring (bicyclic) bond motifs is 1. The fourth-order valence-electron chi connectivity index (χ4n) is 4.84. The number of methoxy groups -OCH3 is 1. The third-order valence-electron chi connectivity index (χ3n) is 6.40. The van der Waals surface area contributed by atoms with Crippen molar-refractivity contribution >= 4 is 17.2 Å². The molecule has 0 bridgehead atoms. The first-order valence-corrected chi connectivity index (χ1v) is 11.4. The van der Waals surface area contributed by atoms with Gasteiger partial charge in [0.25, 0.3) is 0 Å². The summed E-state index contributed by atoms with van der Waals surface area (Å²) in [7, 11) is 1.64. The topological polar surface area (TPSA) is 59.6 Å². The highest BCUT2D eigenvalue weighted by Gasteiger charge is 2.36. The monoisotopic (exact) mass is 440 g/mol. The van der Waals surface area contributed by atoms with Crippen molar-refractivity contribution in [2.24, 2.45) is 0 Å². The van der Waals surface area contributed by atoms with Gasteiger partial charge in [0, 0.05) is 17.7 Å². The first-order chi connectivity index (χ1) is 16.2. The largest absolute Gasteiger partial charge is 0.493 e. The minimum absolute atomic E-state index is 0.158. The molecule has 168 valence electrons. The molecule has 1 heterocycles. The number of rotatable bonds is 5. The van der Waals surface area contributed by atoms with Crippen LogP contribution in [-0.2, 0) is 4.79 Å². The van der Waals surface area contributed by atoms with Crippen LogP contribution in [0.2, 0.25) is 0 Å². The van der Waals surface area contributed by atoms with E-state index in [4.69, 9.17) is 9.47 Å². The second-order valence-electron chi connectivity index (χ2n) is 8.42. The van der Waals surface area contributed by atoms with Crippen LogP contribution in [0.25, 0.3) is 0 Å². The number of Topliss-reactive ketones (excluding diaryl/α,β-unsaturated/α-hetero) is 1. The number of para-hydroxylation sites is 2. The van der Waals surface area contributed by atoms with Gasteiger partial charge in [-0.05, 0) is 54.7 Å². The molecule has 1 aliphatic heterocycles. The molecule has 5 heteroatoms. The van der Waals surface area contributed by atoms with Crippen LogP contribution in [-0.4, -0.2) is 19.5 Å². The van der Waals surface area contributed by atoms with Crippen LogP contribution in [0.5, 0.6) is 11.5 Å². The average molecular weight is 441 g/mol. The molecule has 0 radical (unpaired) electrons. The smallest absolute Gasteiger partial charge is 0.163 e. The minimum Gasteiger partial charge on any atom is -0.493 e. The number of ether oxygens (including phenoxy) is 2. The Labute approximate surface area is 194 Å². The summed E-state index contributed by atoms with van der Waals surface area (Å²) in [5.41, 5.74) is 5.89. The molecular weight excluding hydrogens is 412 g/mol. The van der Waals surface area contributed by atoms with E-state index in [0.717, 1.165) is 34.6 Å². The molecule has 3 aromatic carbocycles. The van der Waals surface area contributed by atoms with Gasteiger partial charge in [-0.15, -0.1) is 0 Å². The lowest BCUT2D eigenvalue weighted by molar-refractivity contribution is -0.116. The maximum atomic E-state index is 13.6. The maximum Gasteiger partial charge on any atom is 0.163 e. The van der Waals surface area contributed by atoms with Crippen LogP contribution < -0.4 is 20.1 Å². The first kappa shape index (κ1) is 21.1. The number of nitrogens with one attached hydrogen (secondary N) is 2. The van der Waals surface area contributed by atoms with Crippen molar-refractivity contribution in [1.29, 1.82) is 0 Å². The fraction of sp³-hybridized carbons (Fsp3) is 0.250. The predicted octanol–water partition coefficient (Wildman–Crippen LogP) is 6.07. The van der Waals surface area contributed by atoms with Gasteiger partial charge in [0.05, 0.1) is 31.1 Å². The third-order valence-corrected chi connectivity index (χ3v) is 6.40. The molecule has 3 aromatic rings. The number of carbonyl (C=O) groups excluding carboxylic acids is 1. The molecule has 2 atom stereocenters. The van der Waals surface area contributed by atoms with E-state index in [2.05, 4.69) is 22.8 Å². The zero-order chi connectivity index (χ0) is 22.8. The Morgan fingerprint density at radius 1 is 0.879 bits per heavy atom. The number of ketones is 1. The lowest BCUT2D eigenvalue weighted by atomic mass is 9.78. The SMILES string of the molecule is CCOc1ccc([C@@H]2Nc3ccccc3NC3=C2C(=O)C[C@H](c2ccccc2)C3)cc1OC. The number of carbonyl (C=O) groups is 1. The highest BCUT2D eigenvalue weighted by molar-refractivity contribution is 6.01. The Morgan fingerprint density at radius 3 is 2.39 bits per heavy atom. The van der Waals surface area contributed by atoms with Crippen LogP contribution >= 0.6 is 0 Å². The molecular formula is C28H28N2O3. The molecule has 0 amide bonds. The number of anilines is 2. The van der Waals surface area contributed by atoms with Gasteiger partial charge in [-0.3, -0.25) is 4.79 Å². The fourth-order valence-corrected chi connectivity index (χ4v) is 4.84. The summed E-state index contributed by atoms with van der Waals surface area (Å²) in [5.74, 6) is 1.68. The van der Waals surface area contributed by atoms with Gasteiger partial charge >= 0.3 is 0 Å². The van der Waals surface area contributed by atoms with E-state index in [1.807, 2.05) is 67.6 Å². The lowest BCUT2D eigenvalue weighted by Gasteiger charge is -2.30. The molecule has 1 aliphatic carbocycles. The normalized spacial score (nSPS) is 19.5. The lowest BCUT2D eigenvalue weighted by Crippen LogP contribution is -2.26. The van der Waals surface area contributed by atoms with E-state index in [1.165, 1.54) is 5.56 Å². The Hall–Kier alpha value is -3.73. The van der Waals surface area contributed by atoms with Crippen molar-refractivity contribution in [3.63, 3.8) is 0 Å². The summed E-state index contributed by atoms with van der Waals surface area (Å²) >= 11 is 0. The van der Waals surface area contributed by atoms with Crippen LogP contribution in [0, 0.1) is 0 Å². The quantitative estimate of drug-likeness (QED) is 0.504. The summed E-state index contributed by atoms with van der Waals surface area (Å²) in [6.45, 7) is 2.51. The van der Waals surface area contributed by atoms with Crippen molar-refractivity contribution in [2.75, 3.05) is 24.4 Å².